The Kier molecular flexibility index (Phi) is 3.72. The zero-order chi connectivity index (χ0) is 12.3. The van der Waals surface area contributed by atoms with Gasteiger partial charge in [0.25, 0.3) is 0 Å². The smallest absolute Gasteiger partial charge is 0.129 e. The molecule has 0 aromatic heterocycles. The summed E-state index contributed by atoms with van der Waals surface area (Å²) in [5.74, 6) is -0.343. The molecule has 4 heteroatoms. The van der Waals surface area contributed by atoms with Gasteiger partial charge in [-0.25, -0.2) is 4.39 Å². The number of hydrogen-bond acceptors (Lipinski definition) is 3. The van der Waals surface area contributed by atoms with Crippen molar-refractivity contribution in [2.45, 2.75) is 25.5 Å². The molecule has 0 aliphatic carbocycles. The van der Waals surface area contributed by atoms with Gasteiger partial charge in [0.1, 0.15) is 5.82 Å². The highest BCUT2D eigenvalue weighted by Crippen LogP contribution is 2.16. The van der Waals surface area contributed by atoms with Gasteiger partial charge < -0.3 is 5.11 Å². The SMILES string of the molecule is N#Cc1ccc(CN2CCCC(O)C2)c(F)c1. The fraction of sp³-hybridized carbons (Fsp3) is 0.462. The van der Waals surface area contributed by atoms with E-state index in [1.54, 1.807) is 12.1 Å². The van der Waals surface area contributed by atoms with Gasteiger partial charge >= 0.3 is 0 Å². The van der Waals surface area contributed by atoms with E-state index in [0.717, 1.165) is 19.4 Å². The number of nitrogens with zero attached hydrogens (tertiary/aromatic N) is 2. The maximum absolute atomic E-state index is 13.6. The molecule has 1 aliphatic rings. The van der Waals surface area contributed by atoms with Crippen LogP contribution in [-0.2, 0) is 6.54 Å². The van der Waals surface area contributed by atoms with Crippen LogP contribution in [0.15, 0.2) is 18.2 Å². The van der Waals surface area contributed by atoms with Crippen LogP contribution in [0.4, 0.5) is 4.39 Å². The Morgan fingerprint density at radius 2 is 2.35 bits per heavy atom. The average Bonchev–Trinajstić information content (AvgIpc) is 2.32. The van der Waals surface area contributed by atoms with Gasteiger partial charge in [0.15, 0.2) is 0 Å². The molecule has 1 aromatic rings. The number of aliphatic hydroxyl groups is 1. The molecule has 1 aromatic carbocycles. The summed E-state index contributed by atoms with van der Waals surface area (Å²) in [5.41, 5.74) is 0.919. The number of halogens is 1. The van der Waals surface area contributed by atoms with Crippen LogP contribution in [0.5, 0.6) is 0 Å². The Hall–Kier alpha value is -1.44. The topological polar surface area (TPSA) is 47.3 Å². The number of piperidine rings is 1. The van der Waals surface area contributed by atoms with Gasteiger partial charge in [-0.15, -0.1) is 0 Å². The average molecular weight is 234 g/mol. The molecule has 0 radical (unpaired) electrons. The van der Waals surface area contributed by atoms with Gasteiger partial charge in [-0.1, -0.05) is 6.07 Å². The third kappa shape index (κ3) is 3.02. The van der Waals surface area contributed by atoms with Crippen LogP contribution in [0, 0.1) is 17.1 Å². The first-order valence-corrected chi connectivity index (χ1v) is 5.78. The number of benzene rings is 1. The summed E-state index contributed by atoms with van der Waals surface area (Å²) < 4.78 is 13.6. The minimum atomic E-state index is -0.343. The third-order valence-electron chi connectivity index (χ3n) is 3.06. The summed E-state index contributed by atoms with van der Waals surface area (Å²) in [6.45, 7) is 1.98. The molecular formula is C13H15FN2O. The Morgan fingerprint density at radius 1 is 1.53 bits per heavy atom. The fourth-order valence-corrected chi connectivity index (χ4v) is 2.16. The summed E-state index contributed by atoms with van der Waals surface area (Å²) in [6.07, 6.45) is 1.47. The number of β-amino-alcohol motifs (C(OH)–C–C–N with tert-alkyl or cyclic N) is 1. The first kappa shape index (κ1) is 12.0. The van der Waals surface area contributed by atoms with Crippen LogP contribution >= 0.6 is 0 Å². The second-order valence-corrected chi connectivity index (χ2v) is 4.45. The van der Waals surface area contributed by atoms with Crippen LogP contribution < -0.4 is 0 Å². The van der Waals surface area contributed by atoms with Gasteiger partial charge in [-0.2, -0.15) is 5.26 Å². The first-order chi connectivity index (χ1) is 8.19. The lowest BCUT2D eigenvalue weighted by Crippen LogP contribution is -2.37. The highest BCUT2D eigenvalue weighted by atomic mass is 19.1. The third-order valence-corrected chi connectivity index (χ3v) is 3.06. The van der Waals surface area contributed by atoms with E-state index in [2.05, 4.69) is 0 Å². The Morgan fingerprint density at radius 3 is 3.00 bits per heavy atom. The molecule has 90 valence electrons. The minimum absolute atomic E-state index is 0.301. The van der Waals surface area contributed by atoms with Gasteiger partial charge in [0.2, 0.25) is 0 Å². The van der Waals surface area contributed by atoms with Crippen molar-refractivity contribution in [2.24, 2.45) is 0 Å². The first-order valence-electron chi connectivity index (χ1n) is 5.78. The zero-order valence-electron chi connectivity index (χ0n) is 9.56. The molecule has 17 heavy (non-hydrogen) atoms. The summed E-state index contributed by atoms with van der Waals surface area (Å²) >= 11 is 0. The van der Waals surface area contributed by atoms with Crippen molar-refractivity contribution in [2.75, 3.05) is 13.1 Å². The second-order valence-electron chi connectivity index (χ2n) is 4.45. The van der Waals surface area contributed by atoms with Crippen LogP contribution in [0.1, 0.15) is 24.0 Å². The van der Waals surface area contributed by atoms with E-state index in [1.165, 1.54) is 6.07 Å². The van der Waals surface area contributed by atoms with Crippen LogP contribution in [0.2, 0.25) is 0 Å². The maximum Gasteiger partial charge on any atom is 0.129 e. The molecule has 1 saturated heterocycles. The highest BCUT2D eigenvalue weighted by molar-refractivity contribution is 5.32. The van der Waals surface area contributed by atoms with Gasteiger partial charge in [0.05, 0.1) is 17.7 Å². The molecule has 1 unspecified atom stereocenters. The van der Waals surface area contributed by atoms with E-state index in [4.69, 9.17) is 5.26 Å². The number of likely N-dealkylation sites (tertiary alicyclic amines) is 1. The molecule has 0 spiro atoms. The van der Waals surface area contributed by atoms with Crippen LogP contribution in [-0.4, -0.2) is 29.2 Å². The number of nitriles is 1. The Labute approximate surface area is 100 Å². The lowest BCUT2D eigenvalue weighted by Gasteiger charge is -2.30. The van der Waals surface area contributed by atoms with Crippen LogP contribution in [0.25, 0.3) is 0 Å². The predicted molar refractivity (Wildman–Crippen MR) is 61.6 cm³/mol. The normalized spacial score (nSPS) is 21.1. The van der Waals surface area contributed by atoms with Crippen molar-refractivity contribution in [1.29, 1.82) is 5.26 Å². The highest BCUT2D eigenvalue weighted by Gasteiger charge is 2.18. The Balaban J connectivity index is 2.06. The number of aliphatic hydroxyl groups excluding tert-OH is 1. The molecule has 1 aliphatic heterocycles. The van der Waals surface area contributed by atoms with E-state index in [9.17, 15) is 9.50 Å². The molecule has 2 rings (SSSR count). The molecule has 0 saturated carbocycles. The molecule has 0 bridgehead atoms. The van der Waals surface area contributed by atoms with E-state index in [0.29, 0.717) is 24.2 Å². The fourth-order valence-electron chi connectivity index (χ4n) is 2.16. The summed E-state index contributed by atoms with van der Waals surface area (Å²) in [7, 11) is 0. The molecule has 1 heterocycles. The van der Waals surface area contributed by atoms with E-state index >= 15 is 0 Å². The van der Waals surface area contributed by atoms with E-state index in [-0.39, 0.29) is 11.9 Å². The minimum Gasteiger partial charge on any atom is -0.392 e. The van der Waals surface area contributed by atoms with Gasteiger partial charge in [-0.05, 0) is 31.5 Å². The van der Waals surface area contributed by atoms with Crippen molar-refractivity contribution in [3.63, 3.8) is 0 Å². The van der Waals surface area contributed by atoms with E-state index < -0.39 is 0 Å². The molecule has 3 nitrogen and oxygen atoms in total. The number of rotatable bonds is 2. The number of hydrogen-bond donors (Lipinski definition) is 1. The maximum atomic E-state index is 13.6. The molecule has 1 atom stereocenters. The Bertz CT molecular complexity index is 442. The molecule has 0 amide bonds. The summed E-state index contributed by atoms with van der Waals surface area (Å²) in [5, 5.41) is 18.2. The van der Waals surface area contributed by atoms with Crippen LogP contribution in [0.3, 0.4) is 0 Å². The predicted octanol–water partition coefficient (Wildman–Crippen LogP) is 1.65. The quantitative estimate of drug-likeness (QED) is 0.846. The second kappa shape index (κ2) is 5.26. The van der Waals surface area contributed by atoms with Gasteiger partial charge in [-0.3, -0.25) is 4.90 Å². The van der Waals surface area contributed by atoms with Crippen molar-refractivity contribution in [3.05, 3.63) is 35.1 Å². The summed E-state index contributed by atoms with van der Waals surface area (Å²) in [4.78, 5) is 2.04. The lowest BCUT2D eigenvalue weighted by atomic mass is 10.1. The monoisotopic (exact) mass is 234 g/mol. The van der Waals surface area contributed by atoms with Gasteiger partial charge in [0, 0.05) is 18.7 Å². The van der Waals surface area contributed by atoms with Crippen molar-refractivity contribution >= 4 is 0 Å². The zero-order valence-corrected chi connectivity index (χ0v) is 9.56. The largest absolute Gasteiger partial charge is 0.392 e. The lowest BCUT2D eigenvalue weighted by molar-refractivity contribution is 0.0663. The van der Waals surface area contributed by atoms with E-state index in [1.807, 2.05) is 11.0 Å². The summed E-state index contributed by atoms with van der Waals surface area (Å²) in [6, 6.07) is 6.44. The standard InChI is InChI=1S/C13H15FN2O/c14-13-6-10(7-15)3-4-11(13)8-16-5-1-2-12(17)9-16/h3-4,6,12,17H,1-2,5,8-9H2. The molecule has 1 fully saturated rings. The van der Waals surface area contributed by atoms with Crippen molar-refractivity contribution in [1.82, 2.24) is 4.90 Å². The molecular weight excluding hydrogens is 219 g/mol. The van der Waals surface area contributed by atoms with Crippen molar-refractivity contribution in [3.8, 4) is 6.07 Å². The van der Waals surface area contributed by atoms with Crippen molar-refractivity contribution < 1.29 is 9.50 Å². The molecule has 1 N–H and O–H groups in total.